The average Bonchev–Trinajstić information content (AvgIpc) is 2.33. The summed E-state index contributed by atoms with van der Waals surface area (Å²) in [6, 6.07) is -0.998. The zero-order valence-electron chi connectivity index (χ0n) is 5.77. The van der Waals surface area contributed by atoms with Crippen LogP contribution < -0.4 is 16.8 Å². The predicted octanol–water partition coefficient (Wildman–Crippen LogP) is -1.54. The lowest BCUT2D eigenvalue weighted by atomic mass is 10.4. The number of nitrogens with zero attached hydrogens (tertiary/aromatic N) is 2. The number of urea groups is 1. The molecular formula is C4H5N5O3. The number of rotatable bonds is 1. The zero-order chi connectivity index (χ0) is 9.14. The number of hydrogen-bond donors (Lipinski definition) is 3. The van der Waals surface area contributed by atoms with Crippen LogP contribution in [0.25, 0.3) is 0 Å². The maximum absolute atomic E-state index is 10.9. The summed E-state index contributed by atoms with van der Waals surface area (Å²) < 4.78 is 4.11. The van der Waals surface area contributed by atoms with E-state index in [1.807, 2.05) is 0 Å². The number of nitrogens with one attached hydrogen (secondary N) is 1. The number of primary amides is 1. The minimum atomic E-state index is -0.998. The molecule has 0 atom stereocenters. The molecule has 64 valence electrons. The van der Waals surface area contributed by atoms with E-state index in [4.69, 9.17) is 5.73 Å². The first kappa shape index (κ1) is 7.98. The number of anilines is 1. The number of carbonyl (C=O) groups is 2. The van der Waals surface area contributed by atoms with Crippen LogP contribution in [0.15, 0.2) is 4.63 Å². The highest BCUT2D eigenvalue weighted by Crippen LogP contribution is 2.02. The van der Waals surface area contributed by atoms with E-state index >= 15 is 0 Å². The average molecular weight is 171 g/mol. The van der Waals surface area contributed by atoms with E-state index in [2.05, 4.69) is 20.7 Å². The summed E-state index contributed by atoms with van der Waals surface area (Å²) in [5, 5.41) is 8.00. The molecule has 1 heterocycles. The van der Waals surface area contributed by atoms with Crippen molar-refractivity contribution in [3.63, 3.8) is 0 Å². The lowest BCUT2D eigenvalue weighted by molar-refractivity contribution is 0.0957. The van der Waals surface area contributed by atoms with E-state index in [9.17, 15) is 9.59 Å². The molecule has 0 aliphatic rings. The predicted molar refractivity (Wildman–Crippen MR) is 35.8 cm³/mol. The van der Waals surface area contributed by atoms with E-state index in [0.29, 0.717) is 0 Å². The number of nitrogen functional groups attached to an aromatic ring is 1. The number of aromatic nitrogens is 2. The Balaban J connectivity index is 2.78. The van der Waals surface area contributed by atoms with Gasteiger partial charge in [-0.3, -0.25) is 10.1 Å². The monoisotopic (exact) mass is 171 g/mol. The third kappa shape index (κ3) is 1.48. The fraction of sp³-hybridized carbons (Fsp3) is 0. The van der Waals surface area contributed by atoms with Gasteiger partial charge in [0, 0.05) is 0 Å². The Morgan fingerprint density at radius 2 is 2.08 bits per heavy atom. The van der Waals surface area contributed by atoms with E-state index in [1.54, 1.807) is 5.32 Å². The summed E-state index contributed by atoms with van der Waals surface area (Å²) in [7, 11) is 0. The molecule has 0 aromatic carbocycles. The SMILES string of the molecule is NC(=O)NC(=O)c1nonc1N. The summed E-state index contributed by atoms with van der Waals surface area (Å²) >= 11 is 0. The highest BCUT2D eigenvalue weighted by molar-refractivity contribution is 6.04. The maximum Gasteiger partial charge on any atom is 0.319 e. The van der Waals surface area contributed by atoms with Gasteiger partial charge < -0.3 is 11.5 Å². The molecule has 12 heavy (non-hydrogen) atoms. The van der Waals surface area contributed by atoms with Gasteiger partial charge in [0.25, 0.3) is 5.91 Å². The molecule has 0 unspecified atom stereocenters. The van der Waals surface area contributed by atoms with Crippen LogP contribution in [-0.4, -0.2) is 22.3 Å². The number of imide groups is 1. The van der Waals surface area contributed by atoms with Crippen molar-refractivity contribution in [1.82, 2.24) is 15.6 Å². The topological polar surface area (TPSA) is 137 Å². The Bertz CT molecular complexity index is 318. The Morgan fingerprint density at radius 1 is 1.42 bits per heavy atom. The number of nitrogens with two attached hydrogens (primary N) is 2. The van der Waals surface area contributed by atoms with Crippen LogP contribution in [0.3, 0.4) is 0 Å². The van der Waals surface area contributed by atoms with Crippen molar-refractivity contribution in [2.24, 2.45) is 5.73 Å². The van der Waals surface area contributed by atoms with Crippen LogP contribution in [0, 0.1) is 0 Å². The Hall–Kier alpha value is -2.12. The van der Waals surface area contributed by atoms with Gasteiger partial charge >= 0.3 is 6.03 Å². The first-order chi connectivity index (χ1) is 5.61. The summed E-state index contributed by atoms with van der Waals surface area (Å²) in [4.78, 5) is 21.1. The summed E-state index contributed by atoms with van der Waals surface area (Å²) in [6.45, 7) is 0. The Labute approximate surface area is 65.9 Å². The molecule has 0 bridgehead atoms. The lowest BCUT2D eigenvalue weighted by Crippen LogP contribution is -2.35. The van der Waals surface area contributed by atoms with Gasteiger partial charge in [-0.1, -0.05) is 0 Å². The van der Waals surface area contributed by atoms with Crippen molar-refractivity contribution in [3.05, 3.63) is 5.69 Å². The highest BCUT2D eigenvalue weighted by atomic mass is 16.6. The summed E-state index contributed by atoms with van der Waals surface area (Å²) in [5.74, 6) is -1.05. The Kier molecular flexibility index (Phi) is 1.90. The summed E-state index contributed by atoms with van der Waals surface area (Å²) in [6.07, 6.45) is 0. The highest BCUT2D eigenvalue weighted by Gasteiger charge is 2.16. The van der Waals surface area contributed by atoms with Crippen LogP contribution in [0.5, 0.6) is 0 Å². The second-order valence-corrected chi connectivity index (χ2v) is 1.82. The van der Waals surface area contributed by atoms with Gasteiger partial charge in [0.1, 0.15) is 0 Å². The van der Waals surface area contributed by atoms with Crippen LogP contribution in [0.1, 0.15) is 10.5 Å². The summed E-state index contributed by atoms with van der Waals surface area (Å²) in [5.41, 5.74) is 9.53. The van der Waals surface area contributed by atoms with E-state index in [1.165, 1.54) is 0 Å². The molecule has 0 aliphatic heterocycles. The zero-order valence-corrected chi connectivity index (χ0v) is 5.77. The van der Waals surface area contributed by atoms with Crippen molar-refractivity contribution >= 4 is 17.8 Å². The number of hydrogen-bond acceptors (Lipinski definition) is 6. The van der Waals surface area contributed by atoms with Gasteiger partial charge in [0.05, 0.1) is 0 Å². The lowest BCUT2D eigenvalue weighted by Gasteiger charge is -1.94. The molecule has 3 amide bonds. The molecule has 1 rings (SSSR count). The smallest absolute Gasteiger partial charge is 0.319 e. The standard InChI is InChI=1S/C4H5N5O3/c5-2-1(8-12-9-2)3(10)7-4(6)11/h(H2,5,9)(H3,6,7,10,11). The second kappa shape index (κ2) is 2.86. The maximum atomic E-state index is 10.9. The van der Waals surface area contributed by atoms with Crippen molar-refractivity contribution in [3.8, 4) is 0 Å². The molecule has 8 heteroatoms. The molecular weight excluding hydrogens is 166 g/mol. The molecule has 0 aliphatic carbocycles. The number of carbonyl (C=O) groups excluding carboxylic acids is 2. The molecule has 0 radical (unpaired) electrons. The third-order valence-electron chi connectivity index (χ3n) is 0.966. The van der Waals surface area contributed by atoms with Gasteiger partial charge in [-0.05, 0) is 10.3 Å². The largest absolute Gasteiger partial charge is 0.379 e. The van der Waals surface area contributed by atoms with Gasteiger partial charge in [-0.15, -0.1) is 0 Å². The van der Waals surface area contributed by atoms with E-state index in [0.717, 1.165) is 0 Å². The van der Waals surface area contributed by atoms with Gasteiger partial charge in [-0.25, -0.2) is 9.42 Å². The van der Waals surface area contributed by atoms with Gasteiger partial charge in [0.15, 0.2) is 0 Å². The second-order valence-electron chi connectivity index (χ2n) is 1.82. The molecule has 1 aromatic rings. The van der Waals surface area contributed by atoms with Crippen molar-refractivity contribution in [1.29, 1.82) is 0 Å². The fourth-order valence-electron chi connectivity index (χ4n) is 0.524. The first-order valence-corrected chi connectivity index (χ1v) is 2.80. The minimum Gasteiger partial charge on any atom is -0.379 e. The van der Waals surface area contributed by atoms with Crippen molar-refractivity contribution in [2.75, 3.05) is 5.73 Å². The minimum absolute atomic E-state index is 0.200. The first-order valence-electron chi connectivity index (χ1n) is 2.80. The molecule has 8 nitrogen and oxygen atoms in total. The van der Waals surface area contributed by atoms with Crippen LogP contribution in [0.2, 0.25) is 0 Å². The molecule has 0 saturated carbocycles. The van der Waals surface area contributed by atoms with Crippen LogP contribution in [-0.2, 0) is 0 Å². The van der Waals surface area contributed by atoms with E-state index < -0.39 is 11.9 Å². The molecule has 0 spiro atoms. The normalized spacial score (nSPS) is 9.33. The Morgan fingerprint density at radius 3 is 2.50 bits per heavy atom. The molecule has 5 N–H and O–H groups in total. The van der Waals surface area contributed by atoms with Crippen LogP contribution in [0.4, 0.5) is 10.6 Å². The fourth-order valence-corrected chi connectivity index (χ4v) is 0.524. The number of amides is 3. The van der Waals surface area contributed by atoms with Gasteiger partial charge in [0.2, 0.25) is 11.5 Å². The molecule has 0 fully saturated rings. The quantitative estimate of drug-likeness (QED) is 0.468. The molecule has 1 aromatic heterocycles. The van der Waals surface area contributed by atoms with E-state index in [-0.39, 0.29) is 11.5 Å². The third-order valence-corrected chi connectivity index (χ3v) is 0.966. The van der Waals surface area contributed by atoms with Crippen LogP contribution >= 0.6 is 0 Å². The van der Waals surface area contributed by atoms with Gasteiger partial charge in [-0.2, -0.15) is 0 Å². The van der Waals surface area contributed by atoms with Crippen molar-refractivity contribution in [2.45, 2.75) is 0 Å². The van der Waals surface area contributed by atoms with Crippen molar-refractivity contribution < 1.29 is 14.2 Å². The molecule has 0 saturated heterocycles.